The van der Waals surface area contributed by atoms with Crippen molar-refractivity contribution in [3.05, 3.63) is 21.3 Å². The Balaban J connectivity index is 1.50. The van der Waals surface area contributed by atoms with Gasteiger partial charge in [-0.15, -0.1) is 11.3 Å². The van der Waals surface area contributed by atoms with Crippen LogP contribution in [0.25, 0.3) is 0 Å². The summed E-state index contributed by atoms with van der Waals surface area (Å²) in [6, 6.07) is 4.76. The molecule has 98 valence electrons. The van der Waals surface area contributed by atoms with Gasteiger partial charge in [0.15, 0.2) is 5.17 Å². The Hall–Kier alpha value is -0.190. The minimum absolute atomic E-state index is 0.696. The second-order valence-corrected chi connectivity index (χ2v) is 7.70. The Morgan fingerprint density at radius 3 is 3.17 bits per heavy atom. The highest BCUT2D eigenvalue weighted by atomic mass is 35.5. The van der Waals surface area contributed by atoms with Crippen LogP contribution >= 0.6 is 34.7 Å². The molecule has 1 saturated heterocycles. The molecule has 1 aromatic heterocycles. The molecule has 0 bridgehead atoms. The lowest BCUT2D eigenvalue weighted by Gasteiger charge is -2.28. The number of nitrogens with one attached hydrogen (secondary N) is 1. The highest BCUT2D eigenvalue weighted by molar-refractivity contribution is 8.13. The van der Waals surface area contributed by atoms with E-state index in [1.165, 1.54) is 29.9 Å². The lowest BCUT2D eigenvalue weighted by molar-refractivity contribution is 0.490. The van der Waals surface area contributed by atoms with Crippen LogP contribution < -0.4 is 5.32 Å². The maximum atomic E-state index is 5.92. The molecule has 0 spiro atoms. The first kappa shape index (κ1) is 12.8. The molecule has 2 fully saturated rings. The van der Waals surface area contributed by atoms with Crippen LogP contribution in [0.5, 0.6) is 0 Å². The minimum Gasteiger partial charge on any atom is -0.362 e. The van der Waals surface area contributed by atoms with Crippen LogP contribution in [0.2, 0.25) is 4.34 Å². The van der Waals surface area contributed by atoms with Gasteiger partial charge in [0.1, 0.15) is 0 Å². The molecular formula is C13H17ClN2S2. The molecule has 1 aromatic rings. The summed E-state index contributed by atoms with van der Waals surface area (Å²) in [4.78, 5) is 6.00. The van der Waals surface area contributed by atoms with Gasteiger partial charge < -0.3 is 5.32 Å². The molecule has 1 aliphatic heterocycles. The SMILES string of the molecule is Clc1ccc(CCN=C2NC3CCCC3CS2)s1. The number of thioether (sulfide) groups is 1. The smallest absolute Gasteiger partial charge is 0.156 e. The summed E-state index contributed by atoms with van der Waals surface area (Å²) >= 11 is 9.47. The van der Waals surface area contributed by atoms with E-state index in [-0.39, 0.29) is 0 Å². The summed E-state index contributed by atoms with van der Waals surface area (Å²) in [6.07, 6.45) is 5.09. The number of halogens is 1. The zero-order valence-corrected chi connectivity index (χ0v) is 12.6. The maximum absolute atomic E-state index is 5.92. The van der Waals surface area contributed by atoms with Crippen molar-refractivity contribution in [2.45, 2.75) is 31.7 Å². The van der Waals surface area contributed by atoms with Gasteiger partial charge in [-0.3, -0.25) is 4.99 Å². The Morgan fingerprint density at radius 1 is 1.39 bits per heavy atom. The van der Waals surface area contributed by atoms with E-state index in [1.54, 1.807) is 11.3 Å². The van der Waals surface area contributed by atoms with Crippen molar-refractivity contribution >= 4 is 39.9 Å². The predicted molar refractivity (Wildman–Crippen MR) is 82.1 cm³/mol. The van der Waals surface area contributed by atoms with E-state index >= 15 is 0 Å². The summed E-state index contributed by atoms with van der Waals surface area (Å²) in [5, 5.41) is 4.75. The van der Waals surface area contributed by atoms with E-state index in [1.807, 2.05) is 17.8 Å². The van der Waals surface area contributed by atoms with Gasteiger partial charge in [0.05, 0.1) is 4.34 Å². The average molecular weight is 301 g/mol. The molecule has 0 amide bonds. The van der Waals surface area contributed by atoms with Crippen molar-refractivity contribution in [2.24, 2.45) is 10.9 Å². The third-order valence-electron chi connectivity index (χ3n) is 3.64. The molecule has 1 saturated carbocycles. The van der Waals surface area contributed by atoms with E-state index < -0.39 is 0 Å². The van der Waals surface area contributed by atoms with Crippen LogP contribution in [0, 0.1) is 5.92 Å². The van der Waals surface area contributed by atoms with Gasteiger partial charge in [-0.25, -0.2) is 0 Å². The van der Waals surface area contributed by atoms with Crippen molar-refractivity contribution in [1.29, 1.82) is 0 Å². The van der Waals surface area contributed by atoms with Crippen LogP contribution in [0.1, 0.15) is 24.1 Å². The Morgan fingerprint density at radius 2 is 2.33 bits per heavy atom. The van der Waals surface area contributed by atoms with Gasteiger partial charge in [-0.2, -0.15) is 0 Å². The number of hydrogen-bond acceptors (Lipinski definition) is 3. The second kappa shape index (κ2) is 5.85. The lowest BCUT2D eigenvalue weighted by atomic mass is 10.1. The number of amidine groups is 1. The lowest BCUT2D eigenvalue weighted by Crippen LogP contribution is -2.41. The zero-order chi connectivity index (χ0) is 12.4. The van der Waals surface area contributed by atoms with Crippen molar-refractivity contribution in [1.82, 2.24) is 5.32 Å². The van der Waals surface area contributed by atoms with Gasteiger partial charge in [0.25, 0.3) is 0 Å². The highest BCUT2D eigenvalue weighted by Crippen LogP contribution is 2.32. The fourth-order valence-electron chi connectivity index (χ4n) is 2.66. The average Bonchev–Trinajstić information content (AvgIpc) is 2.97. The molecule has 5 heteroatoms. The predicted octanol–water partition coefficient (Wildman–Crippen LogP) is 3.81. The van der Waals surface area contributed by atoms with Crippen LogP contribution in [0.4, 0.5) is 0 Å². The van der Waals surface area contributed by atoms with Crippen LogP contribution in [-0.2, 0) is 6.42 Å². The molecule has 2 nitrogen and oxygen atoms in total. The van der Waals surface area contributed by atoms with E-state index in [0.29, 0.717) is 6.04 Å². The third kappa shape index (κ3) is 3.03. The molecule has 0 aromatic carbocycles. The van der Waals surface area contributed by atoms with E-state index in [0.717, 1.165) is 28.4 Å². The monoisotopic (exact) mass is 300 g/mol. The number of nitrogens with zero attached hydrogens (tertiary/aromatic N) is 1. The van der Waals surface area contributed by atoms with E-state index in [4.69, 9.17) is 11.6 Å². The molecule has 2 atom stereocenters. The number of hydrogen-bond donors (Lipinski definition) is 1. The maximum Gasteiger partial charge on any atom is 0.156 e. The van der Waals surface area contributed by atoms with Crippen molar-refractivity contribution in [2.75, 3.05) is 12.3 Å². The summed E-state index contributed by atoms with van der Waals surface area (Å²) < 4.78 is 0.872. The number of fused-ring (bicyclic) bond motifs is 1. The fraction of sp³-hybridized carbons (Fsp3) is 0.615. The summed E-state index contributed by atoms with van der Waals surface area (Å²) in [6.45, 7) is 0.865. The van der Waals surface area contributed by atoms with Crippen LogP contribution in [0.15, 0.2) is 17.1 Å². The highest BCUT2D eigenvalue weighted by Gasteiger charge is 2.31. The second-order valence-electron chi connectivity index (χ2n) is 4.90. The Kier molecular flexibility index (Phi) is 4.16. The molecular weight excluding hydrogens is 284 g/mol. The minimum atomic E-state index is 0.696. The molecule has 2 unspecified atom stereocenters. The summed E-state index contributed by atoms with van der Waals surface area (Å²) in [7, 11) is 0. The van der Waals surface area contributed by atoms with E-state index in [9.17, 15) is 0 Å². The fourth-order valence-corrected chi connectivity index (χ4v) is 4.92. The van der Waals surface area contributed by atoms with Gasteiger partial charge in [0, 0.05) is 29.6 Å². The van der Waals surface area contributed by atoms with E-state index in [2.05, 4.69) is 16.4 Å². The molecule has 3 rings (SSSR count). The molecule has 2 heterocycles. The standard InChI is InChI=1S/C13H17ClN2S2/c14-12-5-4-10(18-12)6-7-15-13-16-11-3-1-2-9(11)8-17-13/h4-5,9,11H,1-3,6-8H2,(H,15,16). The van der Waals surface area contributed by atoms with Gasteiger partial charge in [-0.1, -0.05) is 29.8 Å². The topological polar surface area (TPSA) is 24.4 Å². The van der Waals surface area contributed by atoms with Crippen molar-refractivity contribution < 1.29 is 0 Å². The Bertz CT molecular complexity index is 444. The number of thiophene rings is 1. The Labute approximate surface area is 121 Å². The third-order valence-corrected chi connectivity index (χ3v) is 6.05. The van der Waals surface area contributed by atoms with Gasteiger partial charge in [-0.05, 0) is 30.9 Å². The summed E-state index contributed by atoms with van der Waals surface area (Å²) in [5.74, 6) is 2.13. The number of aliphatic imine (C=N–C) groups is 1. The zero-order valence-electron chi connectivity index (χ0n) is 10.2. The molecule has 2 aliphatic rings. The van der Waals surface area contributed by atoms with Crippen LogP contribution in [0.3, 0.4) is 0 Å². The summed E-state index contributed by atoms with van der Waals surface area (Å²) in [5.41, 5.74) is 0. The largest absolute Gasteiger partial charge is 0.362 e. The first-order valence-electron chi connectivity index (χ1n) is 6.49. The van der Waals surface area contributed by atoms with Gasteiger partial charge in [0.2, 0.25) is 0 Å². The first-order chi connectivity index (χ1) is 8.81. The van der Waals surface area contributed by atoms with Gasteiger partial charge >= 0.3 is 0 Å². The quantitative estimate of drug-likeness (QED) is 0.918. The normalized spacial score (nSPS) is 29.3. The first-order valence-corrected chi connectivity index (χ1v) is 8.67. The van der Waals surface area contributed by atoms with Crippen LogP contribution in [-0.4, -0.2) is 23.5 Å². The molecule has 18 heavy (non-hydrogen) atoms. The molecule has 1 aliphatic carbocycles. The number of rotatable bonds is 3. The molecule has 1 N–H and O–H groups in total. The van der Waals surface area contributed by atoms with Crippen molar-refractivity contribution in [3.63, 3.8) is 0 Å². The molecule has 0 radical (unpaired) electrons. The van der Waals surface area contributed by atoms with Crippen molar-refractivity contribution in [3.8, 4) is 0 Å².